The average Bonchev–Trinajstić information content (AvgIpc) is 3.05. The van der Waals surface area contributed by atoms with Crippen LogP contribution in [0.3, 0.4) is 0 Å². The zero-order chi connectivity index (χ0) is 21.9. The predicted octanol–water partition coefficient (Wildman–Crippen LogP) is 4.86. The molecule has 0 bridgehead atoms. The molecule has 2 aromatic rings. The van der Waals surface area contributed by atoms with E-state index in [1.807, 2.05) is 0 Å². The largest absolute Gasteiger partial charge is 0.493 e. The summed E-state index contributed by atoms with van der Waals surface area (Å²) in [5, 5.41) is 0.945. The van der Waals surface area contributed by atoms with E-state index in [4.69, 9.17) is 27.9 Å². The molecule has 1 fully saturated rings. The van der Waals surface area contributed by atoms with Gasteiger partial charge in [0.25, 0.3) is 5.91 Å². The van der Waals surface area contributed by atoms with Gasteiger partial charge < -0.3 is 9.64 Å². The molecule has 0 aliphatic carbocycles. The van der Waals surface area contributed by atoms with E-state index in [-0.39, 0.29) is 24.0 Å². The molecule has 1 heterocycles. The molecular weight excluding hydrogens is 445 g/mol. The topological polar surface area (TPSA) is 63.7 Å². The number of benzene rings is 2. The third kappa shape index (κ3) is 5.90. The van der Waals surface area contributed by atoms with E-state index in [1.54, 1.807) is 47.4 Å². The highest BCUT2D eigenvalue weighted by molar-refractivity contribution is 7.91. The number of hydrogen-bond donors (Lipinski definition) is 0. The number of nitrogens with zero attached hydrogens (tertiary/aromatic N) is 1. The van der Waals surface area contributed by atoms with E-state index in [0.29, 0.717) is 40.3 Å². The minimum absolute atomic E-state index is 0.0421. The molecule has 3 rings (SSSR count). The van der Waals surface area contributed by atoms with Crippen LogP contribution < -0.4 is 4.74 Å². The molecule has 30 heavy (non-hydrogen) atoms. The summed E-state index contributed by atoms with van der Waals surface area (Å²) >= 11 is 12.3. The third-order valence-electron chi connectivity index (χ3n) is 4.95. The zero-order valence-electron chi connectivity index (χ0n) is 17.0. The zero-order valence-corrected chi connectivity index (χ0v) is 19.3. The Bertz CT molecular complexity index is 1010. The monoisotopic (exact) mass is 469 g/mol. The van der Waals surface area contributed by atoms with E-state index in [1.165, 1.54) is 0 Å². The van der Waals surface area contributed by atoms with Gasteiger partial charge in [-0.2, -0.15) is 0 Å². The molecule has 162 valence electrons. The molecule has 1 aliphatic heterocycles. The molecule has 5 nitrogen and oxygen atoms in total. The van der Waals surface area contributed by atoms with Gasteiger partial charge in [0, 0.05) is 28.2 Å². The van der Waals surface area contributed by atoms with Gasteiger partial charge in [-0.05, 0) is 54.3 Å². The minimum atomic E-state index is -3.16. The van der Waals surface area contributed by atoms with E-state index >= 15 is 0 Å². The van der Waals surface area contributed by atoms with Crippen molar-refractivity contribution in [3.8, 4) is 5.75 Å². The number of rotatable bonds is 7. The van der Waals surface area contributed by atoms with Gasteiger partial charge in [0.05, 0.1) is 18.1 Å². The molecule has 0 radical (unpaired) electrons. The van der Waals surface area contributed by atoms with Crippen molar-refractivity contribution in [2.24, 2.45) is 5.92 Å². The van der Waals surface area contributed by atoms with Gasteiger partial charge in [-0.3, -0.25) is 4.79 Å². The van der Waals surface area contributed by atoms with Crippen molar-refractivity contribution in [1.29, 1.82) is 0 Å². The maximum atomic E-state index is 13.3. The highest BCUT2D eigenvalue weighted by Crippen LogP contribution is 2.27. The minimum Gasteiger partial charge on any atom is -0.493 e. The first-order valence-corrected chi connectivity index (χ1v) is 12.4. The normalized spacial score (nSPS) is 17.8. The van der Waals surface area contributed by atoms with Gasteiger partial charge >= 0.3 is 0 Å². The fourth-order valence-electron chi connectivity index (χ4n) is 3.34. The van der Waals surface area contributed by atoms with Crippen LogP contribution in [-0.4, -0.2) is 43.4 Å². The Kier molecular flexibility index (Phi) is 7.32. The van der Waals surface area contributed by atoms with Crippen LogP contribution in [-0.2, 0) is 16.4 Å². The van der Waals surface area contributed by atoms with Crippen molar-refractivity contribution in [3.05, 3.63) is 63.6 Å². The number of carbonyl (C=O) groups is 1. The second-order valence-electron chi connectivity index (χ2n) is 7.95. The fourth-order valence-corrected chi connectivity index (χ4v) is 5.54. The van der Waals surface area contributed by atoms with Crippen molar-refractivity contribution < 1.29 is 17.9 Å². The highest BCUT2D eigenvalue weighted by Gasteiger charge is 2.35. The number of halogens is 2. The molecule has 0 N–H and O–H groups in total. The maximum Gasteiger partial charge on any atom is 0.254 e. The SMILES string of the molecule is CC(C)COc1ccc(C(=O)N(Cc2ccc(Cl)cc2Cl)[C@H]2CCS(=O)(=O)C2)cc1. The first-order valence-electron chi connectivity index (χ1n) is 9.83. The van der Waals surface area contributed by atoms with Crippen LogP contribution in [0.2, 0.25) is 10.0 Å². The Hall–Kier alpha value is -1.76. The standard InChI is InChI=1S/C22H25Cl2NO4S/c1-15(2)13-29-20-7-4-16(5-8-20)22(26)25(19-9-10-30(27,28)14-19)12-17-3-6-18(23)11-21(17)24/h3-8,11,15,19H,9-10,12-14H2,1-2H3/t19-/m0/s1. The van der Waals surface area contributed by atoms with Crippen LogP contribution in [0.25, 0.3) is 0 Å². The summed E-state index contributed by atoms with van der Waals surface area (Å²) in [5.41, 5.74) is 1.19. The summed E-state index contributed by atoms with van der Waals surface area (Å²) in [4.78, 5) is 14.9. The molecule has 1 amide bonds. The average molecular weight is 470 g/mol. The van der Waals surface area contributed by atoms with Crippen LogP contribution in [0.4, 0.5) is 0 Å². The molecule has 8 heteroatoms. The molecule has 1 atom stereocenters. The molecule has 0 aromatic heterocycles. The summed E-state index contributed by atoms with van der Waals surface area (Å²) in [5.74, 6) is 0.891. The van der Waals surface area contributed by atoms with Crippen LogP contribution >= 0.6 is 23.2 Å². The lowest BCUT2D eigenvalue weighted by Gasteiger charge is -2.29. The number of hydrogen-bond acceptors (Lipinski definition) is 4. The Morgan fingerprint density at radius 2 is 1.87 bits per heavy atom. The second kappa shape index (κ2) is 9.58. The summed E-state index contributed by atoms with van der Waals surface area (Å²) in [7, 11) is -3.16. The Morgan fingerprint density at radius 3 is 2.43 bits per heavy atom. The molecule has 2 aromatic carbocycles. The Balaban J connectivity index is 1.84. The van der Waals surface area contributed by atoms with Gasteiger partial charge in [-0.15, -0.1) is 0 Å². The first kappa shape index (κ1) is 22.9. The summed E-state index contributed by atoms with van der Waals surface area (Å²) < 4.78 is 29.8. The number of carbonyl (C=O) groups excluding carboxylic acids is 1. The summed E-state index contributed by atoms with van der Waals surface area (Å²) in [6.45, 7) is 4.93. The molecular formula is C22H25Cl2NO4S. The second-order valence-corrected chi connectivity index (χ2v) is 11.0. The van der Waals surface area contributed by atoms with Gasteiger partial charge in [0.15, 0.2) is 9.84 Å². The maximum absolute atomic E-state index is 13.3. The van der Waals surface area contributed by atoms with E-state index in [2.05, 4.69) is 13.8 Å². The highest BCUT2D eigenvalue weighted by atomic mass is 35.5. The number of amides is 1. The lowest BCUT2D eigenvalue weighted by Crippen LogP contribution is -2.40. The van der Waals surface area contributed by atoms with Crippen LogP contribution in [0.1, 0.15) is 36.2 Å². The van der Waals surface area contributed by atoms with Gasteiger partial charge in [-0.1, -0.05) is 43.1 Å². The van der Waals surface area contributed by atoms with Gasteiger partial charge in [0.2, 0.25) is 0 Å². The first-order chi connectivity index (χ1) is 14.1. The predicted molar refractivity (Wildman–Crippen MR) is 120 cm³/mol. The van der Waals surface area contributed by atoms with Crippen molar-refractivity contribution in [1.82, 2.24) is 4.90 Å². The van der Waals surface area contributed by atoms with Crippen molar-refractivity contribution in [2.45, 2.75) is 32.9 Å². The molecule has 0 spiro atoms. The Morgan fingerprint density at radius 1 is 1.17 bits per heavy atom. The molecule has 1 aliphatic rings. The van der Waals surface area contributed by atoms with Crippen molar-refractivity contribution >= 4 is 38.9 Å². The van der Waals surface area contributed by atoms with E-state index in [0.717, 1.165) is 5.56 Å². The van der Waals surface area contributed by atoms with Crippen LogP contribution in [0, 0.1) is 5.92 Å². The van der Waals surface area contributed by atoms with Gasteiger partial charge in [0.1, 0.15) is 5.75 Å². The van der Waals surface area contributed by atoms with Crippen molar-refractivity contribution in [2.75, 3.05) is 18.1 Å². The van der Waals surface area contributed by atoms with Crippen molar-refractivity contribution in [3.63, 3.8) is 0 Å². The van der Waals surface area contributed by atoms with Gasteiger partial charge in [-0.25, -0.2) is 8.42 Å². The van der Waals surface area contributed by atoms with Crippen LogP contribution in [0.5, 0.6) is 5.75 Å². The summed E-state index contributed by atoms with van der Waals surface area (Å²) in [6, 6.07) is 11.6. The summed E-state index contributed by atoms with van der Waals surface area (Å²) in [6.07, 6.45) is 0.412. The van der Waals surface area contributed by atoms with E-state index in [9.17, 15) is 13.2 Å². The molecule has 0 unspecified atom stereocenters. The van der Waals surface area contributed by atoms with Crippen LogP contribution in [0.15, 0.2) is 42.5 Å². The third-order valence-corrected chi connectivity index (χ3v) is 7.29. The fraction of sp³-hybridized carbons (Fsp3) is 0.409. The Labute approximate surface area is 187 Å². The smallest absolute Gasteiger partial charge is 0.254 e. The molecule has 0 saturated carbocycles. The number of sulfone groups is 1. The quantitative estimate of drug-likeness (QED) is 0.580. The lowest BCUT2D eigenvalue weighted by molar-refractivity contribution is 0.0681. The van der Waals surface area contributed by atoms with E-state index < -0.39 is 15.9 Å². The lowest BCUT2D eigenvalue weighted by atomic mass is 10.1. The molecule has 1 saturated heterocycles. The number of ether oxygens (including phenoxy) is 1.